The molecule has 2 amide bonds. The van der Waals surface area contributed by atoms with Crippen LogP contribution in [-0.2, 0) is 28.8 Å². The van der Waals surface area contributed by atoms with E-state index in [1.165, 1.54) is 30.4 Å². The maximum absolute atomic E-state index is 12.4. The number of hydrogen-bond donors (Lipinski definition) is 1. The van der Waals surface area contributed by atoms with E-state index >= 15 is 0 Å². The van der Waals surface area contributed by atoms with Crippen LogP contribution in [0.4, 0.5) is 4.79 Å². The van der Waals surface area contributed by atoms with Crippen molar-refractivity contribution in [2.45, 2.75) is 57.9 Å². The number of amides is 2. The Kier molecular flexibility index (Phi) is 5.95. The summed E-state index contributed by atoms with van der Waals surface area (Å²) >= 11 is 0. The molecular weight excluding hydrogens is 316 g/mol. The van der Waals surface area contributed by atoms with Gasteiger partial charge in [-0.15, -0.1) is 0 Å². The Morgan fingerprint density at radius 2 is 1.88 bits per heavy atom. The van der Waals surface area contributed by atoms with E-state index in [9.17, 15) is 9.59 Å². The first-order valence-electron chi connectivity index (χ1n) is 9.47. The Balaban J connectivity index is 1.46. The second-order valence-electron chi connectivity index (χ2n) is 7.01. The van der Waals surface area contributed by atoms with Crippen molar-refractivity contribution in [3.05, 3.63) is 34.9 Å². The van der Waals surface area contributed by atoms with Crippen LogP contribution in [0.15, 0.2) is 18.2 Å². The van der Waals surface area contributed by atoms with Crippen molar-refractivity contribution < 1.29 is 14.3 Å². The highest BCUT2D eigenvalue weighted by atomic mass is 16.6. The molecule has 1 aromatic rings. The van der Waals surface area contributed by atoms with Gasteiger partial charge >= 0.3 is 6.09 Å². The van der Waals surface area contributed by atoms with Crippen molar-refractivity contribution >= 4 is 12.0 Å². The summed E-state index contributed by atoms with van der Waals surface area (Å²) < 4.78 is 5.02. The second kappa shape index (κ2) is 8.37. The molecule has 0 radical (unpaired) electrons. The van der Waals surface area contributed by atoms with Crippen LogP contribution in [0.2, 0.25) is 0 Å². The van der Waals surface area contributed by atoms with Crippen molar-refractivity contribution in [3.8, 4) is 0 Å². The predicted molar refractivity (Wildman–Crippen MR) is 96.5 cm³/mol. The van der Waals surface area contributed by atoms with Gasteiger partial charge in [0.05, 0.1) is 13.0 Å². The van der Waals surface area contributed by atoms with Crippen molar-refractivity contribution in [3.63, 3.8) is 0 Å². The van der Waals surface area contributed by atoms with Crippen molar-refractivity contribution in [2.24, 2.45) is 0 Å². The molecule has 3 rings (SSSR count). The van der Waals surface area contributed by atoms with Crippen LogP contribution in [0.3, 0.4) is 0 Å². The number of piperidine rings is 1. The Morgan fingerprint density at radius 3 is 2.60 bits per heavy atom. The van der Waals surface area contributed by atoms with Gasteiger partial charge < -0.3 is 15.0 Å². The minimum Gasteiger partial charge on any atom is -0.450 e. The van der Waals surface area contributed by atoms with E-state index in [1.807, 2.05) is 6.92 Å². The molecule has 0 bridgehead atoms. The lowest BCUT2D eigenvalue weighted by Crippen LogP contribution is -2.47. The molecule has 0 aromatic heterocycles. The van der Waals surface area contributed by atoms with E-state index in [0.29, 0.717) is 26.1 Å². The summed E-state index contributed by atoms with van der Waals surface area (Å²) in [5.74, 6) is 0.0744. The number of nitrogens with zero attached hydrogens (tertiary/aromatic N) is 1. The summed E-state index contributed by atoms with van der Waals surface area (Å²) in [4.78, 5) is 25.8. The van der Waals surface area contributed by atoms with E-state index in [0.717, 1.165) is 24.8 Å². The molecule has 1 aliphatic carbocycles. The van der Waals surface area contributed by atoms with E-state index in [-0.39, 0.29) is 18.0 Å². The quantitative estimate of drug-likeness (QED) is 0.914. The fraction of sp³-hybridized carbons (Fsp3) is 0.600. The van der Waals surface area contributed by atoms with Gasteiger partial charge in [0.25, 0.3) is 0 Å². The van der Waals surface area contributed by atoms with Crippen LogP contribution >= 0.6 is 0 Å². The maximum Gasteiger partial charge on any atom is 0.409 e. The number of nitrogens with one attached hydrogen (secondary N) is 1. The summed E-state index contributed by atoms with van der Waals surface area (Å²) in [6, 6.07) is 6.63. The van der Waals surface area contributed by atoms with Crippen LogP contribution in [0, 0.1) is 0 Å². The topological polar surface area (TPSA) is 58.6 Å². The molecule has 0 unspecified atom stereocenters. The SMILES string of the molecule is CCOC(=O)N1CCC(NC(=O)Cc2ccc3c(c2)CCCC3)CC1. The van der Waals surface area contributed by atoms with Gasteiger partial charge in [-0.05, 0) is 62.1 Å². The molecule has 1 heterocycles. The zero-order chi connectivity index (χ0) is 17.6. The lowest BCUT2D eigenvalue weighted by Gasteiger charge is -2.31. The number of carbonyl (C=O) groups excluding carboxylic acids is 2. The fourth-order valence-corrected chi connectivity index (χ4v) is 3.78. The molecule has 1 aliphatic heterocycles. The second-order valence-corrected chi connectivity index (χ2v) is 7.01. The summed E-state index contributed by atoms with van der Waals surface area (Å²) in [5, 5.41) is 3.12. The molecule has 0 saturated carbocycles. The third-order valence-corrected chi connectivity index (χ3v) is 5.16. The largest absolute Gasteiger partial charge is 0.450 e. The van der Waals surface area contributed by atoms with E-state index in [4.69, 9.17) is 4.74 Å². The van der Waals surface area contributed by atoms with Crippen LogP contribution in [0.1, 0.15) is 49.3 Å². The fourth-order valence-electron chi connectivity index (χ4n) is 3.78. The molecule has 1 fully saturated rings. The average Bonchev–Trinajstić information content (AvgIpc) is 2.62. The Hall–Kier alpha value is -2.04. The first-order valence-corrected chi connectivity index (χ1v) is 9.47. The van der Waals surface area contributed by atoms with Crippen molar-refractivity contribution in [1.29, 1.82) is 0 Å². The molecule has 1 N–H and O–H groups in total. The molecule has 1 saturated heterocycles. The van der Waals surface area contributed by atoms with Gasteiger partial charge in [-0.3, -0.25) is 4.79 Å². The summed E-state index contributed by atoms with van der Waals surface area (Å²) in [5.41, 5.74) is 3.96. The molecule has 5 nitrogen and oxygen atoms in total. The van der Waals surface area contributed by atoms with Crippen LogP contribution in [0.25, 0.3) is 0 Å². The Bertz CT molecular complexity index is 621. The highest BCUT2D eigenvalue weighted by molar-refractivity contribution is 5.79. The van der Waals surface area contributed by atoms with Gasteiger partial charge in [0.15, 0.2) is 0 Å². The number of rotatable bonds is 4. The normalized spacial score (nSPS) is 17.7. The standard InChI is InChI=1S/C20H28N2O3/c1-2-25-20(24)22-11-9-18(10-12-22)21-19(23)14-15-7-8-16-5-3-4-6-17(16)13-15/h7-8,13,18H,2-6,9-12,14H2,1H3,(H,21,23). The van der Waals surface area contributed by atoms with Crippen molar-refractivity contribution in [1.82, 2.24) is 10.2 Å². The number of aryl methyl sites for hydroxylation is 2. The number of fused-ring (bicyclic) bond motifs is 1. The first-order chi connectivity index (χ1) is 12.2. The number of carbonyl (C=O) groups is 2. The Labute approximate surface area is 149 Å². The van der Waals surface area contributed by atoms with Crippen molar-refractivity contribution in [2.75, 3.05) is 19.7 Å². The molecule has 25 heavy (non-hydrogen) atoms. The average molecular weight is 344 g/mol. The molecule has 136 valence electrons. The van der Waals surface area contributed by atoms with Gasteiger partial charge in [-0.2, -0.15) is 0 Å². The van der Waals surface area contributed by atoms with Crippen LogP contribution in [-0.4, -0.2) is 42.6 Å². The van der Waals surface area contributed by atoms with Gasteiger partial charge in [0.1, 0.15) is 0 Å². The minimum absolute atomic E-state index is 0.0744. The first kappa shape index (κ1) is 17.8. The summed E-state index contributed by atoms with van der Waals surface area (Å²) in [6.45, 7) is 3.49. The summed E-state index contributed by atoms with van der Waals surface area (Å²) in [7, 11) is 0. The zero-order valence-electron chi connectivity index (χ0n) is 15.1. The highest BCUT2D eigenvalue weighted by Gasteiger charge is 2.24. The third kappa shape index (κ3) is 4.74. The lowest BCUT2D eigenvalue weighted by molar-refractivity contribution is -0.121. The zero-order valence-corrected chi connectivity index (χ0v) is 15.1. The van der Waals surface area contributed by atoms with Crippen LogP contribution < -0.4 is 5.32 Å². The predicted octanol–water partition coefficient (Wildman–Crippen LogP) is 2.85. The van der Waals surface area contributed by atoms with E-state index in [2.05, 4.69) is 23.5 Å². The number of likely N-dealkylation sites (tertiary alicyclic amines) is 1. The summed E-state index contributed by atoms with van der Waals surface area (Å²) in [6.07, 6.45) is 6.59. The number of benzene rings is 1. The molecule has 1 aromatic carbocycles. The Morgan fingerprint density at radius 1 is 1.16 bits per heavy atom. The maximum atomic E-state index is 12.4. The lowest BCUT2D eigenvalue weighted by atomic mass is 9.90. The van der Waals surface area contributed by atoms with Crippen LogP contribution in [0.5, 0.6) is 0 Å². The molecular formula is C20H28N2O3. The molecule has 5 heteroatoms. The monoisotopic (exact) mass is 344 g/mol. The highest BCUT2D eigenvalue weighted by Crippen LogP contribution is 2.22. The molecule has 0 atom stereocenters. The van der Waals surface area contributed by atoms with E-state index < -0.39 is 0 Å². The van der Waals surface area contributed by atoms with Gasteiger partial charge in [-0.1, -0.05) is 18.2 Å². The number of ether oxygens (including phenoxy) is 1. The van der Waals surface area contributed by atoms with Gasteiger partial charge in [0.2, 0.25) is 5.91 Å². The van der Waals surface area contributed by atoms with E-state index in [1.54, 1.807) is 4.90 Å². The smallest absolute Gasteiger partial charge is 0.409 e. The number of hydrogen-bond acceptors (Lipinski definition) is 3. The molecule has 0 spiro atoms. The van der Waals surface area contributed by atoms with Gasteiger partial charge in [0, 0.05) is 19.1 Å². The minimum atomic E-state index is -0.249. The third-order valence-electron chi connectivity index (χ3n) is 5.16. The molecule has 2 aliphatic rings. The van der Waals surface area contributed by atoms with Gasteiger partial charge in [-0.25, -0.2) is 4.79 Å².